The number of nitrogens with zero attached hydrogens (tertiary/aromatic N) is 1. The van der Waals surface area contributed by atoms with Gasteiger partial charge in [0.05, 0.1) is 24.0 Å². The van der Waals surface area contributed by atoms with Crippen molar-refractivity contribution in [1.82, 2.24) is 0 Å². The third-order valence-electron chi connectivity index (χ3n) is 2.70. The molecule has 0 spiro atoms. The summed E-state index contributed by atoms with van der Waals surface area (Å²) in [6.07, 6.45) is 1.26. The summed E-state index contributed by atoms with van der Waals surface area (Å²) >= 11 is 0. The fraction of sp³-hybridized carbons (Fsp3) is 0.462. The average molecular weight is 302 g/mol. The van der Waals surface area contributed by atoms with E-state index in [2.05, 4.69) is 0 Å². The van der Waals surface area contributed by atoms with Gasteiger partial charge in [-0.3, -0.25) is 0 Å². The van der Waals surface area contributed by atoms with Crippen LogP contribution in [0.2, 0.25) is 0 Å². The first-order valence-electron chi connectivity index (χ1n) is 5.96. The monoisotopic (exact) mass is 301 g/mol. The number of hydrogen-bond acceptors (Lipinski definition) is 4. The zero-order chi connectivity index (χ0) is 14.3. The van der Waals surface area contributed by atoms with Crippen LogP contribution in [0.3, 0.4) is 0 Å². The smallest absolute Gasteiger partial charge is 0.232 e. The van der Waals surface area contributed by atoms with Crippen LogP contribution >= 0.6 is 10.7 Å². The van der Waals surface area contributed by atoms with Crippen molar-refractivity contribution < 1.29 is 13.2 Å². The molecule has 0 N–H and O–H groups in total. The zero-order valence-corrected chi connectivity index (χ0v) is 12.2. The predicted octanol–water partition coefficient (Wildman–Crippen LogP) is 2.92. The fourth-order valence-electron chi connectivity index (χ4n) is 1.52. The number of hydrogen-bond donors (Lipinski definition) is 0. The first-order chi connectivity index (χ1) is 8.90. The number of rotatable bonds is 7. The van der Waals surface area contributed by atoms with E-state index in [9.17, 15) is 8.42 Å². The maximum Gasteiger partial charge on any atom is 0.232 e. The first-order valence-corrected chi connectivity index (χ1v) is 8.44. The molecule has 0 saturated heterocycles. The number of ether oxygens (including phenoxy) is 1. The van der Waals surface area contributed by atoms with Crippen molar-refractivity contribution in [3.8, 4) is 11.8 Å². The Morgan fingerprint density at radius 2 is 2.16 bits per heavy atom. The zero-order valence-electron chi connectivity index (χ0n) is 10.7. The lowest BCUT2D eigenvalue weighted by molar-refractivity contribution is 0.282. The summed E-state index contributed by atoms with van der Waals surface area (Å²) in [5.74, 6) is 0.850. The van der Waals surface area contributed by atoms with E-state index in [1.54, 1.807) is 24.3 Å². The van der Waals surface area contributed by atoms with Crippen molar-refractivity contribution in [2.24, 2.45) is 5.92 Å². The molecule has 1 unspecified atom stereocenters. The normalized spacial score (nSPS) is 12.7. The van der Waals surface area contributed by atoms with Crippen LogP contribution in [0.15, 0.2) is 24.3 Å². The fourth-order valence-corrected chi connectivity index (χ4v) is 2.47. The van der Waals surface area contributed by atoms with Gasteiger partial charge in [-0.15, -0.1) is 0 Å². The van der Waals surface area contributed by atoms with Gasteiger partial charge in [0.25, 0.3) is 0 Å². The molecule has 6 heteroatoms. The van der Waals surface area contributed by atoms with E-state index in [1.807, 2.05) is 13.0 Å². The Bertz CT molecular complexity index is 551. The summed E-state index contributed by atoms with van der Waals surface area (Å²) < 4.78 is 27.1. The van der Waals surface area contributed by atoms with E-state index in [-0.39, 0.29) is 11.7 Å². The molecule has 104 valence electrons. The van der Waals surface area contributed by atoms with Crippen LogP contribution in [-0.2, 0) is 9.05 Å². The van der Waals surface area contributed by atoms with Crippen molar-refractivity contribution >= 4 is 19.7 Å². The van der Waals surface area contributed by atoms with Crippen LogP contribution in [0, 0.1) is 17.2 Å². The Morgan fingerprint density at radius 3 is 2.79 bits per heavy atom. The molecule has 1 aromatic carbocycles. The summed E-state index contributed by atoms with van der Waals surface area (Å²) in [4.78, 5) is 0. The minimum Gasteiger partial charge on any atom is -0.494 e. The molecule has 1 rings (SSSR count). The van der Waals surface area contributed by atoms with Crippen LogP contribution in [0.4, 0.5) is 0 Å². The third kappa shape index (κ3) is 7.04. The lowest BCUT2D eigenvalue weighted by Gasteiger charge is -2.11. The van der Waals surface area contributed by atoms with Crippen LogP contribution < -0.4 is 4.74 Å². The van der Waals surface area contributed by atoms with Gasteiger partial charge in [0.15, 0.2) is 0 Å². The van der Waals surface area contributed by atoms with Gasteiger partial charge in [0.2, 0.25) is 9.05 Å². The Hall–Kier alpha value is -1.25. The molecule has 0 radical (unpaired) electrons. The molecule has 4 nitrogen and oxygen atoms in total. The lowest BCUT2D eigenvalue weighted by Crippen LogP contribution is -2.08. The summed E-state index contributed by atoms with van der Waals surface area (Å²) in [5, 5.41) is 8.75. The lowest BCUT2D eigenvalue weighted by atomic mass is 10.1. The van der Waals surface area contributed by atoms with Crippen LogP contribution in [0.5, 0.6) is 5.75 Å². The Balaban J connectivity index is 2.32. The highest BCUT2D eigenvalue weighted by atomic mass is 35.7. The molecule has 19 heavy (non-hydrogen) atoms. The van der Waals surface area contributed by atoms with E-state index in [1.165, 1.54) is 0 Å². The largest absolute Gasteiger partial charge is 0.494 e. The van der Waals surface area contributed by atoms with Gasteiger partial charge >= 0.3 is 0 Å². The third-order valence-corrected chi connectivity index (χ3v) is 3.88. The second kappa shape index (κ2) is 7.37. The van der Waals surface area contributed by atoms with Gasteiger partial charge in [-0.2, -0.15) is 5.26 Å². The van der Waals surface area contributed by atoms with E-state index in [4.69, 9.17) is 20.7 Å². The van der Waals surface area contributed by atoms with Gasteiger partial charge in [0, 0.05) is 10.7 Å². The topological polar surface area (TPSA) is 67.2 Å². The van der Waals surface area contributed by atoms with Crippen molar-refractivity contribution in [1.29, 1.82) is 5.26 Å². The summed E-state index contributed by atoms with van der Waals surface area (Å²) in [7, 11) is 1.74. The quantitative estimate of drug-likeness (QED) is 0.726. The molecule has 0 saturated carbocycles. The molecule has 0 bridgehead atoms. The maximum atomic E-state index is 10.8. The van der Waals surface area contributed by atoms with Gasteiger partial charge in [0.1, 0.15) is 5.75 Å². The summed E-state index contributed by atoms with van der Waals surface area (Å²) in [6, 6.07) is 8.97. The molecular formula is C13H16ClNO3S. The Kier molecular flexibility index (Phi) is 6.13. The predicted molar refractivity (Wildman–Crippen MR) is 74.7 cm³/mol. The summed E-state index contributed by atoms with van der Waals surface area (Å²) in [5.41, 5.74) is 0.554. The van der Waals surface area contributed by atoms with Gasteiger partial charge in [-0.05, 0) is 37.0 Å². The molecule has 0 amide bonds. The molecule has 0 aliphatic carbocycles. The molecule has 0 aliphatic heterocycles. The molecule has 0 heterocycles. The Morgan fingerprint density at radius 1 is 1.42 bits per heavy atom. The van der Waals surface area contributed by atoms with Gasteiger partial charge in [-0.1, -0.05) is 13.0 Å². The van der Waals surface area contributed by atoms with E-state index in [0.717, 1.165) is 6.42 Å². The van der Waals surface area contributed by atoms with E-state index >= 15 is 0 Å². The minimum atomic E-state index is -3.41. The highest BCUT2D eigenvalue weighted by Crippen LogP contribution is 2.15. The van der Waals surface area contributed by atoms with Crippen molar-refractivity contribution in [3.63, 3.8) is 0 Å². The van der Waals surface area contributed by atoms with E-state index < -0.39 is 9.05 Å². The molecule has 1 aromatic rings. The Labute approximate surface area is 118 Å². The first kappa shape index (κ1) is 15.8. The van der Waals surface area contributed by atoms with Crippen LogP contribution in [0.25, 0.3) is 0 Å². The minimum absolute atomic E-state index is 0.0142. The molecule has 1 atom stereocenters. The SMILES string of the molecule is CC(CCOc1cccc(C#N)c1)CCS(=O)(=O)Cl. The second-order valence-corrected chi connectivity index (χ2v) is 7.31. The standard InChI is InChI=1S/C13H16ClNO3S/c1-11(6-8-19(14,16)17)5-7-18-13-4-2-3-12(9-13)10-15/h2-4,9,11H,5-8H2,1H3. The van der Waals surface area contributed by atoms with Crippen LogP contribution in [0.1, 0.15) is 25.3 Å². The molecule has 0 fully saturated rings. The molecular weight excluding hydrogens is 286 g/mol. The average Bonchev–Trinajstić information content (AvgIpc) is 2.36. The number of nitriles is 1. The highest BCUT2D eigenvalue weighted by Gasteiger charge is 2.09. The van der Waals surface area contributed by atoms with Crippen LogP contribution in [-0.4, -0.2) is 20.8 Å². The highest BCUT2D eigenvalue weighted by molar-refractivity contribution is 8.13. The van der Waals surface area contributed by atoms with E-state index in [0.29, 0.717) is 24.3 Å². The molecule has 0 aromatic heterocycles. The second-order valence-electron chi connectivity index (χ2n) is 4.41. The van der Waals surface area contributed by atoms with Gasteiger partial charge in [-0.25, -0.2) is 8.42 Å². The summed E-state index contributed by atoms with van der Waals surface area (Å²) in [6.45, 7) is 2.44. The number of halogens is 1. The maximum absolute atomic E-state index is 10.8. The van der Waals surface area contributed by atoms with Crippen molar-refractivity contribution in [2.45, 2.75) is 19.8 Å². The van der Waals surface area contributed by atoms with Crippen molar-refractivity contribution in [2.75, 3.05) is 12.4 Å². The van der Waals surface area contributed by atoms with Gasteiger partial charge < -0.3 is 4.74 Å². The molecule has 0 aliphatic rings. The number of benzene rings is 1. The van der Waals surface area contributed by atoms with Crippen molar-refractivity contribution in [3.05, 3.63) is 29.8 Å².